The molecule has 1 aromatic carbocycles. The van der Waals surface area contributed by atoms with Crippen LogP contribution in [0.15, 0.2) is 45.9 Å². The Morgan fingerprint density at radius 1 is 1.32 bits per heavy atom. The molecule has 1 aromatic heterocycles. The fraction of sp³-hybridized carbons (Fsp3) is 0.0833. The molecule has 0 radical (unpaired) electrons. The van der Waals surface area contributed by atoms with Gasteiger partial charge in [-0.3, -0.25) is 4.72 Å². The van der Waals surface area contributed by atoms with Gasteiger partial charge in [-0.25, -0.2) is 13.4 Å². The summed E-state index contributed by atoms with van der Waals surface area (Å²) in [7, 11) is -3.66. The van der Waals surface area contributed by atoms with Crippen molar-refractivity contribution in [2.45, 2.75) is 11.8 Å². The third-order valence-electron chi connectivity index (χ3n) is 2.45. The highest BCUT2D eigenvalue weighted by molar-refractivity contribution is 9.10. The first-order valence-electron chi connectivity index (χ1n) is 5.29. The fourth-order valence-corrected chi connectivity index (χ4v) is 3.82. The molecular formula is C12H10BrClN2O2S. The molecule has 0 aliphatic rings. The number of aromatic nitrogens is 1. The van der Waals surface area contributed by atoms with E-state index < -0.39 is 10.0 Å². The van der Waals surface area contributed by atoms with Gasteiger partial charge in [0.1, 0.15) is 10.0 Å². The van der Waals surface area contributed by atoms with Crippen molar-refractivity contribution >= 4 is 43.2 Å². The number of sulfonamides is 1. The van der Waals surface area contributed by atoms with Crippen LogP contribution >= 0.6 is 27.5 Å². The van der Waals surface area contributed by atoms with Gasteiger partial charge in [0.15, 0.2) is 0 Å². The Kier molecular flexibility index (Phi) is 4.13. The molecule has 0 fully saturated rings. The van der Waals surface area contributed by atoms with E-state index in [2.05, 4.69) is 25.6 Å². The number of nitrogens with zero attached hydrogens (tertiary/aromatic N) is 1. The van der Waals surface area contributed by atoms with Gasteiger partial charge in [0.25, 0.3) is 10.0 Å². The standard InChI is InChI=1S/C12H10BrClN2O2S/c1-8-6-12(14)15-7-10(8)16-19(17,18)11-5-3-2-4-9(11)13/h2-7,16H,1H3. The molecular weight excluding hydrogens is 352 g/mol. The lowest BCUT2D eigenvalue weighted by molar-refractivity contribution is 0.600. The van der Waals surface area contributed by atoms with Crippen LogP contribution < -0.4 is 4.72 Å². The van der Waals surface area contributed by atoms with Crippen LogP contribution in [0, 0.1) is 6.92 Å². The van der Waals surface area contributed by atoms with Crippen molar-refractivity contribution in [1.82, 2.24) is 4.98 Å². The molecule has 19 heavy (non-hydrogen) atoms. The van der Waals surface area contributed by atoms with Gasteiger partial charge in [0.05, 0.1) is 11.9 Å². The SMILES string of the molecule is Cc1cc(Cl)ncc1NS(=O)(=O)c1ccccc1Br. The number of hydrogen-bond acceptors (Lipinski definition) is 3. The first kappa shape index (κ1) is 14.3. The second-order valence-corrected chi connectivity index (χ2v) is 6.75. The predicted molar refractivity (Wildman–Crippen MR) is 78.9 cm³/mol. The van der Waals surface area contributed by atoms with Gasteiger partial charge in [-0.05, 0) is 46.6 Å². The summed E-state index contributed by atoms with van der Waals surface area (Å²) in [6.07, 6.45) is 1.39. The molecule has 0 bridgehead atoms. The molecule has 0 unspecified atom stereocenters. The van der Waals surface area contributed by atoms with Crippen LogP contribution in [0.5, 0.6) is 0 Å². The van der Waals surface area contributed by atoms with Gasteiger partial charge in [-0.1, -0.05) is 23.7 Å². The Bertz CT molecular complexity index is 719. The van der Waals surface area contributed by atoms with E-state index in [1.165, 1.54) is 12.3 Å². The second kappa shape index (κ2) is 5.48. The smallest absolute Gasteiger partial charge is 0.263 e. The zero-order chi connectivity index (χ0) is 14.0. The number of hydrogen-bond donors (Lipinski definition) is 1. The van der Waals surface area contributed by atoms with Crippen LogP contribution in [0.2, 0.25) is 5.15 Å². The van der Waals surface area contributed by atoms with Crippen LogP contribution in [0.1, 0.15) is 5.56 Å². The van der Waals surface area contributed by atoms with E-state index in [0.717, 1.165) is 0 Å². The summed E-state index contributed by atoms with van der Waals surface area (Å²) in [5.41, 5.74) is 1.11. The lowest BCUT2D eigenvalue weighted by Crippen LogP contribution is -2.14. The summed E-state index contributed by atoms with van der Waals surface area (Å²) in [5.74, 6) is 0. The second-order valence-electron chi connectivity index (χ2n) is 3.86. The molecule has 0 spiro atoms. The average molecular weight is 362 g/mol. The van der Waals surface area contributed by atoms with Crippen molar-refractivity contribution in [2.24, 2.45) is 0 Å². The van der Waals surface area contributed by atoms with Crippen molar-refractivity contribution in [3.63, 3.8) is 0 Å². The Labute approximate surface area is 125 Å². The highest BCUT2D eigenvalue weighted by atomic mass is 79.9. The summed E-state index contributed by atoms with van der Waals surface area (Å²) >= 11 is 8.95. The molecule has 0 aliphatic carbocycles. The highest BCUT2D eigenvalue weighted by Crippen LogP contribution is 2.25. The first-order valence-corrected chi connectivity index (χ1v) is 7.95. The molecule has 2 aromatic rings. The minimum absolute atomic E-state index is 0.171. The van der Waals surface area contributed by atoms with E-state index in [9.17, 15) is 8.42 Å². The van der Waals surface area contributed by atoms with Gasteiger partial charge in [0, 0.05) is 4.47 Å². The zero-order valence-electron chi connectivity index (χ0n) is 9.89. The summed E-state index contributed by atoms with van der Waals surface area (Å²) in [6.45, 7) is 1.76. The molecule has 1 N–H and O–H groups in total. The third-order valence-corrected chi connectivity index (χ3v) is 5.03. The van der Waals surface area contributed by atoms with Crippen molar-refractivity contribution in [1.29, 1.82) is 0 Å². The number of rotatable bonds is 3. The molecule has 0 amide bonds. The van der Waals surface area contributed by atoms with Crippen molar-refractivity contribution in [3.8, 4) is 0 Å². The summed E-state index contributed by atoms with van der Waals surface area (Å²) in [4.78, 5) is 4.04. The van der Waals surface area contributed by atoms with E-state index in [-0.39, 0.29) is 4.90 Å². The summed E-state index contributed by atoms with van der Waals surface area (Å²) in [6, 6.07) is 8.19. The number of aryl methyl sites for hydroxylation is 1. The van der Waals surface area contributed by atoms with Gasteiger partial charge < -0.3 is 0 Å². The van der Waals surface area contributed by atoms with Gasteiger partial charge in [-0.15, -0.1) is 0 Å². The molecule has 0 aliphatic heterocycles. The number of benzene rings is 1. The predicted octanol–water partition coefficient (Wildman–Crippen LogP) is 3.61. The minimum atomic E-state index is -3.66. The maximum Gasteiger partial charge on any atom is 0.263 e. The van der Waals surface area contributed by atoms with Crippen LogP contribution in [0.3, 0.4) is 0 Å². The van der Waals surface area contributed by atoms with E-state index in [0.29, 0.717) is 20.9 Å². The molecule has 7 heteroatoms. The van der Waals surface area contributed by atoms with Crippen molar-refractivity contribution < 1.29 is 8.42 Å². The van der Waals surface area contributed by atoms with E-state index in [1.54, 1.807) is 31.2 Å². The highest BCUT2D eigenvalue weighted by Gasteiger charge is 2.18. The van der Waals surface area contributed by atoms with Crippen LogP contribution in [-0.4, -0.2) is 13.4 Å². The van der Waals surface area contributed by atoms with Crippen LogP contribution in [0.25, 0.3) is 0 Å². The molecule has 0 saturated heterocycles. The number of halogens is 2. The van der Waals surface area contributed by atoms with E-state index in [4.69, 9.17) is 11.6 Å². The first-order chi connectivity index (χ1) is 8.90. The molecule has 4 nitrogen and oxygen atoms in total. The Morgan fingerprint density at radius 3 is 2.63 bits per heavy atom. The van der Waals surface area contributed by atoms with Gasteiger partial charge in [0.2, 0.25) is 0 Å². The normalized spacial score (nSPS) is 11.3. The molecule has 100 valence electrons. The van der Waals surface area contributed by atoms with Gasteiger partial charge >= 0.3 is 0 Å². The Balaban J connectivity index is 2.40. The summed E-state index contributed by atoms with van der Waals surface area (Å²) < 4.78 is 27.5. The van der Waals surface area contributed by atoms with E-state index >= 15 is 0 Å². The largest absolute Gasteiger partial charge is 0.278 e. The minimum Gasteiger partial charge on any atom is -0.278 e. The van der Waals surface area contributed by atoms with Crippen molar-refractivity contribution in [2.75, 3.05) is 4.72 Å². The average Bonchev–Trinajstić information content (AvgIpc) is 2.33. The maximum atomic E-state index is 12.3. The Morgan fingerprint density at radius 2 is 2.00 bits per heavy atom. The quantitative estimate of drug-likeness (QED) is 0.850. The van der Waals surface area contributed by atoms with E-state index in [1.807, 2.05) is 0 Å². The van der Waals surface area contributed by atoms with Crippen LogP contribution in [0.4, 0.5) is 5.69 Å². The molecule has 0 saturated carbocycles. The third kappa shape index (κ3) is 3.26. The Hall–Kier alpha value is -1.11. The molecule has 1 heterocycles. The maximum absolute atomic E-state index is 12.3. The molecule has 0 atom stereocenters. The lowest BCUT2D eigenvalue weighted by Gasteiger charge is -2.11. The lowest BCUT2D eigenvalue weighted by atomic mass is 10.3. The molecule has 2 rings (SSSR count). The van der Waals surface area contributed by atoms with Crippen LogP contribution in [-0.2, 0) is 10.0 Å². The zero-order valence-corrected chi connectivity index (χ0v) is 13.1. The topological polar surface area (TPSA) is 59.1 Å². The monoisotopic (exact) mass is 360 g/mol. The number of anilines is 1. The number of pyridine rings is 1. The summed E-state index contributed by atoms with van der Waals surface area (Å²) in [5, 5.41) is 0.321. The number of nitrogens with one attached hydrogen (secondary N) is 1. The fourth-order valence-electron chi connectivity index (χ4n) is 1.49. The van der Waals surface area contributed by atoms with Gasteiger partial charge in [-0.2, -0.15) is 0 Å². The van der Waals surface area contributed by atoms with Crippen molar-refractivity contribution in [3.05, 3.63) is 51.7 Å².